The predicted molar refractivity (Wildman–Crippen MR) is 44.3 cm³/mol. The molecule has 0 saturated carbocycles. The van der Waals surface area contributed by atoms with Gasteiger partial charge in [-0.2, -0.15) is 8.78 Å². The fourth-order valence-corrected chi connectivity index (χ4v) is 0.897. The molecule has 0 bridgehead atoms. The van der Waals surface area contributed by atoms with Crippen LogP contribution in [0.2, 0.25) is 0 Å². The van der Waals surface area contributed by atoms with Crippen molar-refractivity contribution in [2.75, 3.05) is 13.7 Å². The molecule has 0 heterocycles. The maximum absolute atomic E-state index is 11.6. The quantitative estimate of drug-likeness (QED) is 0.652. The predicted octanol–water partition coefficient (Wildman–Crippen LogP) is 0.880. The molecule has 0 fully saturated rings. The first kappa shape index (κ1) is 13.8. The van der Waals surface area contributed by atoms with Crippen LogP contribution in [0.15, 0.2) is 0 Å². The molecule has 0 amide bonds. The van der Waals surface area contributed by atoms with E-state index in [-0.39, 0.29) is 12.8 Å². The van der Waals surface area contributed by atoms with Crippen LogP contribution in [0.3, 0.4) is 0 Å². The van der Waals surface area contributed by atoms with Crippen molar-refractivity contribution in [2.45, 2.75) is 19.5 Å². The molecule has 0 aromatic carbocycles. The van der Waals surface area contributed by atoms with Gasteiger partial charge in [0.1, 0.15) is 0 Å². The number of aliphatic carboxylic acids is 1. The summed E-state index contributed by atoms with van der Waals surface area (Å²) in [4.78, 5) is 21.3. The molecule has 0 aromatic heterocycles. The number of methoxy groups -OCH3 is 1. The third-order valence-electron chi connectivity index (χ3n) is 1.70. The molecule has 7 heteroatoms. The first-order chi connectivity index (χ1) is 6.97. The van der Waals surface area contributed by atoms with E-state index in [1.807, 2.05) is 0 Å². The molecule has 0 aliphatic carbocycles. The van der Waals surface area contributed by atoms with Crippen molar-refractivity contribution in [3.63, 3.8) is 0 Å². The van der Waals surface area contributed by atoms with E-state index in [9.17, 15) is 18.4 Å². The number of carbonyl (C=O) groups is 2. The summed E-state index contributed by atoms with van der Waals surface area (Å²) in [5, 5.41) is 8.63. The van der Waals surface area contributed by atoms with Crippen LogP contribution in [-0.4, -0.2) is 37.4 Å². The van der Waals surface area contributed by atoms with E-state index in [1.54, 1.807) is 0 Å². The third-order valence-corrected chi connectivity index (χ3v) is 1.70. The zero-order valence-electron chi connectivity index (χ0n) is 8.11. The average molecular weight is 226 g/mol. The van der Waals surface area contributed by atoms with Crippen LogP contribution in [0.4, 0.5) is 8.78 Å². The van der Waals surface area contributed by atoms with Gasteiger partial charge in [-0.25, -0.2) is 0 Å². The number of carboxylic acids is 1. The lowest BCUT2D eigenvalue weighted by Crippen LogP contribution is -2.21. The molecule has 0 aromatic rings. The summed E-state index contributed by atoms with van der Waals surface area (Å²) in [6.07, 6.45) is -0.507. The van der Waals surface area contributed by atoms with Gasteiger partial charge in [0.05, 0.1) is 26.1 Å². The third kappa shape index (κ3) is 6.78. The van der Waals surface area contributed by atoms with Crippen molar-refractivity contribution >= 4 is 11.9 Å². The summed E-state index contributed by atoms with van der Waals surface area (Å²) >= 11 is 0. The van der Waals surface area contributed by atoms with Crippen molar-refractivity contribution < 1.29 is 33.0 Å². The van der Waals surface area contributed by atoms with E-state index < -0.39 is 31.1 Å². The van der Waals surface area contributed by atoms with Gasteiger partial charge in [0.15, 0.2) is 0 Å². The van der Waals surface area contributed by atoms with Gasteiger partial charge in [-0.1, -0.05) is 0 Å². The van der Waals surface area contributed by atoms with Crippen LogP contribution in [-0.2, 0) is 19.1 Å². The summed E-state index contributed by atoms with van der Waals surface area (Å²) in [6, 6.07) is 0. The summed E-state index contributed by atoms with van der Waals surface area (Å²) in [6.45, 7) is -3.34. The summed E-state index contributed by atoms with van der Waals surface area (Å²) < 4.78 is 31.3. The molecule has 1 N–H and O–H groups in total. The molecule has 0 spiro atoms. The largest absolute Gasteiger partial charge is 0.481 e. The second kappa shape index (κ2) is 7.10. The molecule has 0 aliphatic heterocycles. The summed E-state index contributed by atoms with van der Waals surface area (Å²) in [5.74, 6) is -2.99. The fourth-order valence-electron chi connectivity index (χ4n) is 0.897. The van der Waals surface area contributed by atoms with E-state index in [1.165, 1.54) is 0 Å². The van der Waals surface area contributed by atoms with Crippen molar-refractivity contribution in [3.05, 3.63) is 0 Å². The SMILES string of the molecule is COC(=O)C[C@@H](CCOC(F)F)C(=O)O. The van der Waals surface area contributed by atoms with Crippen LogP contribution in [0, 0.1) is 5.92 Å². The van der Waals surface area contributed by atoms with Crippen molar-refractivity contribution in [2.24, 2.45) is 5.92 Å². The molecule has 88 valence electrons. The van der Waals surface area contributed by atoms with E-state index in [0.717, 1.165) is 7.11 Å². The number of hydrogen-bond donors (Lipinski definition) is 1. The van der Waals surface area contributed by atoms with Crippen LogP contribution in [0.25, 0.3) is 0 Å². The van der Waals surface area contributed by atoms with Gasteiger partial charge >= 0.3 is 18.6 Å². The second-order valence-electron chi connectivity index (χ2n) is 2.74. The minimum Gasteiger partial charge on any atom is -0.481 e. The molecule has 5 nitrogen and oxygen atoms in total. The molecule has 15 heavy (non-hydrogen) atoms. The Bertz CT molecular complexity index is 219. The van der Waals surface area contributed by atoms with E-state index in [4.69, 9.17) is 5.11 Å². The zero-order valence-corrected chi connectivity index (χ0v) is 8.11. The first-order valence-corrected chi connectivity index (χ1v) is 4.16. The Balaban J connectivity index is 3.94. The summed E-state index contributed by atoms with van der Waals surface area (Å²) in [7, 11) is 1.12. The topological polar surface area (TPSA) is 72.8 Å². The minimum atomic E-state index is -2.93. The number of halogens is 2. The molecule has 0 unspecified atom stereocenters. The molecular weight excluding hydrogens is 214 g/mol. The Morgan fingerprint density at radius 2 is 2.00 bits per heavy atom. The Morgan fingerprint density at radius 1 is 1.40 bits per heavy atom. The van der Waals surface area contributed by atoms with Gasteiger partial charge in [0.2, 0.25) is 0 Å². The number of hydrogen-bond acceptors (Lipinski definition) is 4. The fraction of sp³-hybridized carbons (Fsp3) is 0.750. The lowest BCUT2D eigenvalue weighted by molar-refractivity contribution is -0.154. The highest BCUT2D eigenvalue weighted by Gasteiger charge is 2.21. The van der Waals surface area contributed by atoms with Gasteiger partial charge in [0.25, 0.3) is 0 Å². The number of esters is 1. The van der Waals surface area contributed by atoms with E-state index in [2.05, 4.69) is 9.47 Å². The van der Waals surface area contributed by atoms with Crippen molar-refractivity contribution in [3.8, 4) is 0 Å². The van der Waals surface area contributed by atoms with Crippen LogP contribution >= 0.6 is 0 Å². The van der Waals surface area contributed by atoms with Gasteiger partial charge in [0, 0.05) is 0 Å². The molecule has 0 rings (SSSR count). The Morgan fingerprint density at radius 3 is 2.40 bits per heavy atom. The van der Waals surface area contributed by atoms with E-state index in [0.29, 0.717) is 0 Å². The highest BCUT2D eigenvalue weighted by Crippen LogP contribution is 2.11. The number of carboxylic acid groups (broad SMARTS) is 1. The lowest BCUT2D eigenvalue weighted by atomic mass is 10.0. The highest BCUT2D eigenvalue weighted by molar-refractivity contribution is 5.78. The smallest absolute Gasteiger partial charge is 0.345 e. The van der Waals surface area contributed by atoms with Crippen LogP contribution < -0.4 is 0 Å². The Kier molecular flexibility index (Phi) is 6.52. The van der Waals surface area contributed by atoms with Crippen molar-refractivity contribution in [1.29, 1.82) is 0 Å². The van der Waals surface area contributed by atoms with Crippen LogP contribution in [0.1, 0.15) is 12.8 Å². The van der Waals surface area contributed by atoms with Crippen LogP contribution in [0.5, 0.6) is 0 Å². The normalized spacial score (nSPS) is 12.5. The first-order valence-electron chi connectivity index (χ1n) is 4.16. The number of ether oxygens (including phenoxy) is 2. The molecular formula is C8H12F2O5. The second-order valence-corrected chi connectivity index (χ2v) is 2.74. The highest BCUT2D eigenvalue weighted by atomic mass is 19.3. The number of alkyl halides is 2. The standard InChI is InChI=1S/C8H12F2O5/c1-14-6(11)4-5(7(12)13)2-3-15-8(9)10/h5,8H,2-4H2,1H3,(H,12,13)/t5-/m1/s1. The van der Waals surface area contributed by atoms with Crippen molar-refractivity contribution in [1.82, 2.24) is 0 Å². The Hall–Kier alpha value is -1.24. The number of rotatable bonds is 7. The molecule has 0 aliphatic rings. The van der Waals surface area contributed by atoms with Gasteiger partial charge in [-0.05, 0) is 6.42 Å². The maximum Gasteiger partial charge on any atom is 0.345 e. The summed E-state index contributed by atoms with van der Waals surface area (Å²) in [5.41, 5.74) is 0. The Labute approximate surface area is 85.0 Å². The molecule has 0 saturated heterocycles. The molecule has 1 atom stereocenters. The van der Waals surface area contributed by atoms with Gasteiger partial charge in [-0.3, -0.25) is 9.59 Å². The molecule has 0 radical (unpaired) electrons. The monoisotopic (exact) mass is 226 g/mol. The zero-order chi connectivity index (χ0) is 11.8. The maximum atomic E-state index is 11.6. The minimum absolute atomic E-state index is 0.158. The van der Waals surface area contributed by atoms with Gasteiger partial charge < -0.3 is 14.6 Å². The average Bonchev–Trinajstić information content (AvgIpc) is 2.15. The van der Waals surface area contributed by atoms with E-state index >= 15 is 0 Å². The number of carbonyl (C=O) groups excluding carboxylic acids is 1. The van der Waals surface area contributed by atoms with Gasteiger partial charge in [-0.15, -0.1) is 0 Å². The lowest BCUT2D eigenvalue weighted by Gasteiger charge is -2.10.